The number of benzene rings is 1. The second-order valence-electron chi connectivity index (χ2n) is 4.52. The van der Waals surface area contributed by atoms with Crippen molar-refractivity contribution in [1.82, 2.24) is 0 Å². The number of hydrogen-bond acceptors (Lipinski definition) is 3. The van der Waals surface area contributed by atoms with Crippen molar-refractivity contribution < 1.29 is 14.3 Å². The van der Waals surface area contributed by atoms with E-state index in [9.17, 15) is 4.79 Å². The molecule has 0 spiro atoms. The van der Waals surface area contributed by atoms with Crippen LogP contribution in [-0.4, -0.2) is 17.7 Å². The lowest BCUT2D eigenvalue weighted by molar-refractivity contribution is -0.163. The van der Waals surface area contributed by atoms with E-state index in [2.05, 4.69) is 22.6 Å². The van der Waals surface area contributed by atoms with Gasteiger partial charge in [-0.25, -0.2) is 4.79 Å². The molecule has 94 valence electrons. The predicted octanol–water partition coefficient (Wildman–Crippen LogP) is 3.40. The lowest BCUT2D eigenvalue weighted by Crippen LogP contribution is -2.40. The number of carbonyl (C=O) groups excluding carboxylic acids is 1. The van der Waals surface area contributed by atoms with E-state index in [1.54, 1.807) is 13.8 Å². The van der Waals surface area contributed by atoms with Crippen LogP contribution in [-0.2, 0) is 9.53 Å². The molecule has 0 aliphatic rings. The molecule has 0 bridgehead atoms. The summed E-state index contributed by atoms with van der Waals surface area (Å²) < 4.78 is 11.9. The van der Waals surface area contributed by atoms with Gasteiger partial charge >= 0.3 is 5.97 Å². The Kier molecular flexibility index (Phi) is 4.80. The van der Waals surface area contributed by atoms with Crippen molar-refractivity contribution in [2.75, 3.05) is 0 Å². The molecule has 3 nitrogen and oxygen atoms in total. The van der Waals surface area contributed by atoms with Crippen LogP contribution in [0.5, 0.6) is 5.75 Å². The third-order valence-electron chi connectivity index (χ3n) is 2.02. The molecule has 0 saturated heterocycles. The van der Waals surface area contributed by atoms with Crippen LogP contribution in [0, 0.1) is 3.57 Å². The molecule has 4 heteroatoms. The van der Waals surface area contributed by atoms with E-state index in [1.807, 2.05) is 38.1 Å². The fourth-order valence-electron chi connectivity index (χ4n) is 1.19. The highest BCUT2D eigenvalue weighted by molar-refractivity contribution is 14.1. The Morgan fingerprint density at radius 1 is 1.24 bits per heavy atom. The van der Waals surface area contributed by atoms with Crippen molar-refractivity contribution in [3.8, 4) is 5.75 Å². The van der Waals surface area contributed by atoms with Crippen molar-refractivity contribution in [3.05, 3.63) is 27.8 Å². The van der Waals surface area contributed by atoms with Crippen LogP contribution in [0.25, 0.3) is 0 Å². The summed E-state index contributed by atoms with van der Waals surface area (Å²) in [6.07, 6.45) is -0.137. The van der Waals surface area contributed by atoms with Crippen LogP contribution >= 0.6 is 22.6 Å². The molecule has 0 unspecified atom stereocenters. The van der Waals surface area contributed by atoms with Gasteiger partial charge in [0.25, 0.3) is 0 Å². The van der Waals surface area contributed by atoms with Gasteiger partial charge in [-0.15, -0.1) is 0 Å². The molecule has 17 heavy (non-hydrogen) atoms. The summed E-state index contributed by atoms with van der Waals surface area (Å²) >= 11 is 2.22. The first-order valence-corrected chi connectivity index (χ1v) is 6.55. The Morgan fingerprint density at radius 2 is 1.76 bits per heavy atom. The summed E-state index contributed by atoms with van der Waals surface area (Å²) in [5.41, 5.74) is -0.975. The summed E-state index contributed by atoms with van der Waals surface area (Å²) in [6.45, 7) is 7.04. The molecule has 1 aromatic carbocycles. The summed E-state index contributed by atoms with van der Waals surface area (Å²) in [6, 6.07) is 7.54. The van der Waals surface area contributed by atoms with Gasteiger partial charge in [0, 0.05) is 3.57 Å². The molecule has 0 N–H and O–H groups in total. The number of hydrogen-bond donors (Lipinski definition) is 0. The van der Waals surface area contributed by atoms with E-state index in [0.717, 1.165) is 3.57 Å². The molecule has 0 saturated carbocycles. The lowest BCUT2D eigenvalue weighted by atomic mass is 10.1. The quantitative estimate of drug-likeness (QED) is 0.618. The second kappa shape index (κ2) is 5.71. The Hall–Kier alpha value is -0.780. The standard InChI is InChI=1S/C13H17IO3/c1-9(2)16-12(15)13(3,4)17-11-7-5-10(14)6-8-11/h5-9H,1-4H3. The molecule has 0 heterocycles. The van der Waals surface area contributed by atoms with Gasteiger partial charge in [-0.3, -0.25) is 0 Å². The summed E-state index contributed by atoms with van der Waals surface area (Å²) in [5, 5.41) is 0. The Morgan fingerprint density at radius 3 is 2.24 bits per heavy atom. The van der Waals surface area contributed by atoms with Gasteiger partial charge in [0.15, 0.2) is 5.60 Å². The minimum atomic E-state index is -0.975. The maximum absolute atomic E-state index is 11.8. The van der Waals surface area contributed by atoms with Gasteiger partial charge in [0.2, 0.25) is 0 Å². The fraction of sp³-hybridized carbons (Fsp3) is 0.462. The highest BCUT2D eigenvalue weighted by Gasteiger charge is 2.32. The predicted molar refractivity (Wildman–Crippen MR) is 75.1 cm³/mol. The minimum absolute atomic E-state index is 0.137. The summed E-state index contributed by atoms with van der Waals surface area (Å²) in [4.78, 5) is 11.8. The van der Waals surface area contributed by atoms with Crippen LogP contribution in [0.2, 0.25) is 0 Å². The minimum Gasteiger partial charge on any atom is -0.476 e. The van der Waals surface area contributed by atoms with Crippen LogP contribution in [0.3, 0.4) is 0 Å². The Bertz CT molecular complexity index is 382. The SMILES string of the molecule is CC(C)OC(=O)C(C)(C)Oc1ccc(I)cc1. The first kappa shape index (κ1) is 14.3. The lowest BCUT2D eigenvalue weighted by Gasteiger charge is -2.25. The van der Waals surface area contributed by atoms with E-state index >= 15 is 0 Å². The average Bonchev–Trinajstić information content (AvgIpc) is 2.20. The Labute approximate surface area is 116 Å². The normalized spacial score (nSPS) is 11.4. The zero-order valence-corrected chi connectivity index (χ0v) is 12.6. The van der Waals surface area contributed by atoms with E-state index in [-0.39, 0.29) is 12.1 Å². The van der Waals surface area contributed by atoms with Gasteiger partial charge < -0.3 is 9.47 Å². The van der Waals surface area contributed by atoms with Crippen molar-refractivity contribution in [3.63, 3.8) is 0 Å². The van der Waals surface area contributed by atoms with Crippen LogP contribution in [0.1, 0.15) is 27.7 Å². The average molecular weight is 348 g/mol. The number of rotatable bonds is 4. The van der Waals surface area contributed by atoms with Crippen LogP contribution in [0.4, 0.5) is 0 Å². The van der Waals surface area contributed by atoms with Gasteiger partial charge in [0.05, 0.1) is 6.10 Å². The number of carbonyl (C=O) groups is 1. The number of halogens is 1. The molecule has 0 atom stereocenters. The monoisotopic (exact) mass is 348 g/mol. The van der Waals surface area contributed by atoms with E-state index in [1.165, 1.54) is 0 Å². The highest BCUT2D eigenvalue weighted by Crippen LogP contribution is 2.21. The molecule has 1 rings (SSSR count). The van der Waals surface area contributed by atoms with E-state index < -0.39 is 5.60 Å². The topological polar surface area (TPSA) is 35.5 Å². The first-order chi connectivity index (χ1) is 7.81. The van der Waals surface area contributed by atoms with Gasteiger partial charge in [-0.1, -0.05) is 0 Å². The molecule has 0 fully saturated rings. The zero-order valence-electron chi connectivity index (χ0n) is 10.5. The molecule has 0 radical (unpaired) electrons. The van der Waals surface area contributed by atoms with Gasteiger partial charge in [-0.05, 0) is 74.6 Å². The maximum Gasteiger partial charge on any atom is 0.350 e. The summed E-state index contributed by atoms with van der Waals surface area (Å²) in [5.74, 6) is 0.308. The largest absolute Gasteiger partial charge is 0.476 e. The zero-order chi connectivity index (χ0) is 13.1. The molecule has 0 aliphatic heterocycles. The molecule has 0 aliphatic carbocycles. The third-order valence-corrected chi connectivity index (χ3v) is 2.74. The highest BCUT2D eigenvalue weighted by atomic mass is 127. The Balaban J connectivity index is 2.71. The van der Waals surface area contributed by atoms with Crippen molar-refractivity contribution in [2.45, 2.75) is 39.4 Å². The van der Waals surface area contributed by atoms with Crippen molar-refractivity contribution in [1.29, 1.82) is 0 Å². The van der Waals surface area contributed by atoms with Crippen LogP contribution in [0.15, 0.2) is 24.3 Å². The first-order valence-electron chi connectivity index (χ1n) is 5.47. The summed E-state index contributed by atoms with van der Waals surface area (Å²) in [7, 11) is 0. The maximum atomic E-state index is 11.8. The molecule has 1 aromatic rings. The molecule has 0 aromatic heterocycles. The van der Waals surface area contributed by atoms with Crippen molar-refractivity contribution >= 4 is 28.6 Å². The van der Waals surface area contributed by atoms with E-state index in [4.69, 9.17) is 9.47 Å². The smallest absolute Gasteiger partial charge is 0.350 e. The fourth-order valence-corrected chi connectivity index (χ4v) is 1.55. The van der Waals surface area contributed by atoms with Crippen molar-refractivity contribution in [2.24, 2.45) is 0 Å². The van der Waals surface area contributed by atoms with Gasteiger partial charge in [-0.2, -0.15) is 0 Å². The molecular weight excluding hydrogens is 331 g/mol. The number of ether oxygens (including phenoxy) is 2. The molecular formula is C13H17IO3. The number of esters is 1. The van der Waals surface area contributed by atoms with Gasteiger partial charge in [0.1, 0.15) is 5.75 Å². The molecule has 0 amide bonds. The van der Waals surface area contributed by atoms with E-state index in [0.29, 0.717) is 5.75 Å². The second-order valence-corrected chi connectivity index (χ2v) is 5.77. The third kappa shape index (κ3) is 4.53. The van der Waals surface area contributed by atoms with Crippen LogP contribution < -0.4 is 4.74 Å².